The van der Waals surface area contributed by atoms with Gasteiger partial charge in [-0.2, -0.15) is 0 Å². The van der Waals surface area contributed by atoms with Gasteiger partial charge >= 0.3 is 12.0 Å². The highest BCUT2D eigenvalue weighted by Crippen LogP contribution is 1.91. The molecule has 7 heteroatoms. The highest BCUT2D eigenvalue weighted by molar-refractivity contribution is 5.81. The lowest BCUT2D eigenvalue weighted by atomic mass is 10.2. The number of nitrogens with zero attached hydrogens (tertiary/aromatic N) is 1. The summed E-state index contributed by atoms with van der Waals surface area (Å²) in [6.45, 7) is 6.43. The fourth-order valence-electron chi connectivity index (χ4n) is 1.29. The fourth-order valence-corrected chi connectivity index (χ4v) is 1.29. The van der Waals surface area contributed by atoms with Gasteiger partial charge in [-0.3, -0.25) is 9.59 Å². The van der Waals surface area contributed by atoms with Crippen LogP contribution in [0.3, 0.4) is 0 Å². The number of nitrogens with one attached hydrogen (secondary N) is 2. The van der Waals surface area contributed by atoms with Crippen molar-refractivity contribution in [3.63, 3.8) is 0 Å². The summed E-state index contributed by atoms with van der Waals surface area (Å²) in [7, 11) is 0. The Morgan fingerprint density at radius 2 is 1.84 bits per heavy atom. The molecule has 0 radical (unpaired) electrons. The summed E-state index contributed by atoms with van der Waals surface area (Å²) in [5.74, 6) is -0.813. The molecule has 3 amide bonds. The maximum absolute atomic E-state index is 11.6. The van der Waals surface area contributed by atoms with Gasteiger partial charge < -0.3 is 20.6 Å². The maximum Gasteiger partial charge on any atom is 0.323 e. The van der Waals surface area contributed by atoms with E-state index in [4.69, 9.17) is 5.11 Å². The van der Waals surface area contributed by atoms with E-state index in [1.54, 1.807) is 6.92 Å². The lowest BCUT2D eigenvalue weighted by molar-refractivity contribution is -0.137. The van der Waals surface area contributed by atoms with Gasteiger partial charge in [0.05, 0.1) is 0 Å². The quantitative estimate of drug-likeness (QED) is 0.591. The zero-order chi connectivity index (χ0) is 14.8. The van der Waals surface area contributed by atoms with Crippen LogP contribution in [-0.2, 0) is 9.59 Å². The molecule has 0 aromatic rings. The molecule has 0 bridgehead atoms. The molecule has 7 nitrogen and oxygen atoms in total. The first kappa shape index (κ1) is 17.2. The molecule has 0 aliphatic rings. The molecule has 0 aliphatic carbocycles. The van der Waals surface area contributed by atoms with E-state index >= 15 is 0 Å². The Labute approximate surface area is 113 Å². The number of rotatable bonds is 8. The van der Waals surface area contributed by atoms with E-state index in [2.05, 4.69) is 10.6 Å². The third kappa shape index (κ3) is 8.87. The standard InChI is InChI=1S/C12H23N3O4/c1-4-15(8-11(17)18)12(19)13-6-5-10(16)14-7-9(2)3/h9H,4-8H2,1-3H3,(H,13,19)(H,14,16)(H,17,18). The van der Waals surface area contributed by atoms with Crippen molar-refractivity contribution in [1.82, 2.24) is 15.5 Å². The van der Waals surface area contributed by atoms with Crippen molar-refractivity contribution in [3.05, 3.63) is 0 Å². The summed E-state index contributed by atoms with van der Waals surface area (Å²) in [6.07, 6.45) is 0.184. The lowest BCUT2D eigenvalue weighted by Crippen LogP contribution is -2.43. The summed E-state index contributed by atoms with van der Waals surface area (Å²) in [5.41, 5.74) is 0. The predicted octanol–water partition coefficient (Wildman–Crippen LogP) is 0.265. The molecular formula is C12H23N3O4. The van der Waals surface area contributed by atoms with Crippen molar-refractivity contribution in [2.24, 2.45) is 5.92 Å². The zero-order valence-corrected chi connectivity index (χ0v) is 11.7. The smallest absolute Gasteiger partial charge is 0.323 e. The molecule has 110 valence electrons. The third-order valence-electron chi connectivity index (χ3n) is 2.33. The Kier molecular flexibility index (Phi) is 8.32. The zero-order valence-electron chi connectivity index (χ0n) is 11.7. The number of carboxylic acids is 1. The van der Waals surface area contributed by atoms with Crippen molar-refractivity contribution in [2.45, 2.75) is 27.2 Å². The van der Waals surface area contributed by atoms with Crippen LogP contribution in [0.4, 0.5) is 4.79 Å². The van der Waals surface area contributed by atoms with Crippen molar-refractivity contribution >= 4 is 17.9 Å². The first-order chi connectivity index (χ1) is 8.86. The molecule has 0 aromatic heterocycles. The van der Waals surface area contributed by atoms with Gasteiger partial charge in [0.25, 0.3) is 0 Å². The second kappa shape index (κ2) is 9.18. The molecule has 0 rings (SSSR count). The summed E-state index contributed by atoms with van der Waals surface area (Å²) in [4.78, 5) is 34.6. The molecule has 0 aliphatic heterocycles. The van der Waals surface area contributed by atoms with Gasteiger partial charge in [0.15, 0.2) is 0 Å². The number of hydrogen-bond acceptors (Lipinski definition) is 3. The highest BCUT2D eigenvalue weighted by atomic mass is 16.4. The Balaban J connectivity index is 3.89. The topological polar surface area (TPSA) is 98.7 Å². The average Bonchev–Trinajstić information content (AvgIpc) is 2.32. The number of aliphatic carboxylic acids is 1. The Hall–Kier alpha value is -1.79. The van der Waals surface area contributed by atoms with Gasteiger partial charge in [-0.05, 0) is 12.8 Å². The van der Waals surface area contributed by atoms with Crippen molar-refractivity contribution in [3.8, 4) is 0 Å². The minimum absolute atomic E-state index is 0.129. The SMILES string of the molecule is CCN(CC(=O)O)C(=O)NCCC(=O)NCC(C)C. The molecule has 0 spiro atoms. The van der Waals surface area contributed by atoms with Gasteiger partial charge in [0.1, 0.15) is 6.54 Å². The number of carboxylic acid groups (broad SMARTS) is 1. The monoisotopic (exact) mass is 273 g/mol. The summed E-state index contributed by atoms with van der Waals surface area (Å²) < 4.78 is 0. The van der Waals surface area contributed by atoms with E-state index < -0.39 is 12.0 Å². The normalized spacial score (nSPS) is 10.1. The van der Waals surface area contributed by atoms with Crippen LogP contribution in [-0.4, -0.2) is 54.1 Å². The molecule has 0 unspecified atom stereocenters. The van der Waals surface area contributed by atoms with Crippen LogP contribution in [0.5, 0.6) is 0 Å². The molecule has 0 heterocycles. The highest BCUT2D eigenvalue weighted by Gasteiger charge is 2.14. The molecule has 0 fully saturated rings. The fraction of sp³-hybridized carbons (Fsp3) is 0.750. The minimum Gasteiger partial charge on any atom is -0.480 e. The van der Waals surface area contributed by atoms with E-state index in [0.717, 1.165) is 4.90 Å². The first-order valence-electron chi connectivity index (χ1n) is 6.38. The molecule has 0 atom stereocenters. The van der Waals surface area contributed by atoms with Crippen LogP contribution in [0.15, 0.2) is 0 Å². The van der Waals surface area contributed by atoms with E-state index in [-0.39, 0.29) is 25.4 Å². The number of amides is 3. The second-order valence-corrected chi connectivity index (χ2v) is 4.59. The number of likely N-dealkylation sites (N-methyl/N-ethyl adjacent to an activating group) is 1. The lowest BCUT2D eigenvalue weighted by Gasteiger charge is -2.19. The van der Waals surface area contributed by atoms with Crippen LogP contribution in [0.1, 0.15) is 27.2 Å². The summed E-state index contributed by atoms with van der Waals surface area (Å²) in [6, 6.07) is -0.471. The summed E-state index contributed by atoms with van der Waals surface area (Å²) >= 11 is 0. The van der Waals surface area contributed by atoms with E-state index in [1.807, 2.05) is 13.8 Å². The maximum atomic E-state index is 11.6. The van der Waals surface area contributed by atoms with Crippen LogP contribution < -0.4 is 10.6 Å². The Morgan fingerprint density at radius 3 is 2.32 bits per heavy atom. The molecule has 19 heavy (non-hydrogen) atoms. The largest absolute Gasteiger partial charge is 0.480 e. The average molecular weight is 273 g/mol. The minimum atomic E-state index is -1.06. The number of urea groups is 1. The molecule has 0 saturated heterocycles. The van der Waals surface area contributed by atoms with Crippen molar-refractivity contribution in [2.75, 3.05) is 26.2 Å². The molecule has 0 saturated carbocycles. The second-order valence-electron chi connectivity index (χ2n) is 4.59. The Morgan fingerprint density at radius 1 is 1.21 bits per heavy atom. The van der Waals surface area contributed by atoms with Gasteiger partial charge in [-0.25, -0.2) is 4.79 Å². The molecular weight excluding hydrogens is 250 g/mol. The van der Waals surface area contributed by atoms with E-state index in [0.29, 0.717) is 19.0 Å². The van der Waals surface area contributed by atoms with Gasteiger partial charge in [0, 0.05) is 26.1 Å². The molecule has 0 aromatic carbocycles. The number of carbonyl (C=O) groups excluding carboxylic acids is 2. The van der Waals surface area contributed by atoms with Crippen LogP contribution in [0.25, 0.3) is 0 Å². The molecule has 3 N–H and O–H groups in total. The van der Waals surface area contributed by atoms with E-state index in [1.165, 1.54) is 0 Å². The van der Waals surface area contributed by atoms with Crippen LogP contribution in [0.2, 0.25) is 0 Å². The van der Waals surface area contributed by atoms with Gasteiger partial charge in [-0.15, -0.1) is 0 Å². The van der Waals surface area contributed by atoms with Crippen LogP contribution in [0, 0.1) is 5.92 Å². The van der Waals surface area contributed by atoms with E-state index in [9.17, 15) is 14.4 Å². The number of carbonyl (C=O) groups is 3. The van der Waals surface area contributed by atoms with Gasteiger partial charge in [0.2, 0.25) is 5.91 Å². The first-order valence-corrected chi connectivity index (χ1v) is 6.38. The predicted molar refractivity (Wildman–Crippen MR) is 70.7 cm³/mol. The summed E-state index contributed by atoms with van der Waals surface area (Å²) in [5, 5.41) is 13.9. The third-order valence-corrected chi connectivity index (χ3v) is 2.33. The van der Waals surface area contributed by atoms with Crippen molar-refractivity contribution in [1.29, 1.82) is 0 Å². The number of hydrogen-bond donors (Lipinski definition) is 3. The van der Waals surface area contributed by atoms with Crippen LogP contribution >= 0.6 is 0 Å². The van der Waals surface area contributed by atoms with Gasteiger partial charge in [-0.1, -0.05) is 13.8 Å². The van der Waals surface area contributed by atoms with Crippen molar-refractivity contribution < 1.29 is 19.5 Å². The Bertz CT molecular complexity index is 318.